The standard InChI is InChI=1S/C20H31NO/c1-19(2,3)15-11-14(13-21-16-9-7-8-10-16)18(22)17(12-15)20(4,5)6/h11-13,16,22H,7-10H2,1-6H3. The van der Waals surface area contributed by atoms with Gasteiger partial charge in [-0.25, -0.2) is 0 Å². The highest BCUT2D eigenvalue weighted by molar-refractivity contribution is 5.85. The van der Waals surface area contributed by atoms with Crippen molar-refractivity contribution in [2.75, 3.05) is 0 Å². The van der Waals surface area contributed by atoms with Gasteiger partial charge in [0.25, 0.3) is 0 Å². The lowest BCUT2D eigenvalue weighted by Crippen LogP contribution is -2.17. The Morgan fingerprint density at radius 1 is 1.00 bits per heavy atom. The molecule has 22 heavy (non-hydrogen) atoms. The second kappa shape index (κ2) is 6.06. The number of phenolic OH excluding ortho intramolecular Hbond substituents is 1. The fourth-order valence-corrected chi connectivity index (χ4v) is 3.00. The van der Waals surface area contributed by atoms with Crippen LogP contribution in [0.1, 0.15) is 83.9 Å². The van der Waals surface area contributed by atoms with E-state index in [0.717, 1.165) is 11.1 Å². The van der Waals surface area contributed by atoms with Gasteiger partial charge in [0, 0.05) is 23.4 Å². The molecule has 0 bridgehead atoms. The molecule has 0 radical (unpaired) electrons. The molecule has 1 aliphatic rings. The van der Waals surface area contributed by atoms with E-state index in [0.29, 0.717) is 11.8 Å². The highest BCUT2D eigenvalue weighted by atomic mass is 16.3. The van der Waals surface area contributed by atoms with Gasteiger partial charge in [0.2, 0.25) is 0 Å². The van der Waals surface area contributed by atoms with Crippen LogP contribution in [0.3, 0.4) is 0 Å². The summed E-state index contributed by atoms with van der Waals surface area (Å²) in [5, 5.41) is 10.7. The summed E-state index contributed by atoms with van der Waals surface area (Å²) in [4.78, 5) is 4.72. The molecule has 1 aliphatic carbocycles. The van der Waals surface area contributed by atoms with E-state index >= 15 is 0 Å². The minimum atomic E-state index is -0.0821. The van der Waals surface area contributed by atoms with Crippen LogP contribution in [0.2, 0.25) is 0 Å². The van der Waals surface area contributed by atoms with E-state index in [4.69, 9.17) is 4.99 Å². The van der Waals surface area contributed by atoms with E-state index in [1.807, 2.05) is 6.21 Å². The molecule has 0 unspecified atom stereocenters. The van der Waals surface area contributed by atoms with Crippen molar-refractivity contribution in [3.63, 3.8) is 0 Å². The second-order valence-corrected chi connectivity index (χ2v) is 8.68. The number of phenols is 1. The zero-order valence-corrected chi connectivity index (χ0v) is 15.0. The van der Waals surface area contributed by atoms with Crippen LogP contribution in [0, 0.1) is 0 Å². The third kappa shape index (κ3) is 3.91. The first-order chi connectivity index (χ1) is 10.1. The Morgan fingerprint density at radius 2 is 1.59 bits per heavy atom. The number of hydrogen-bond donors (Lipinski definition) is 1. The summed E-state index contributed by atoms with van der Waals surface area (Å²) in [6, 6.07) is 4.70. The van der Waals surface area contributed by atoms with Crippen LogP contribution in [0.5, 0.6) is 5.75 Å². The zero-order valence-electron chi connectivity index (χ0n) is 15.0. The van der Waals surface area contributed by atoms with Gasteiger partial charge in [-0.3, -0.25) is 4.99 Å². The van der Waals surface area contributed by atoms with Crippen molar-refractivity contribution >= 4 is 6.21 Å². The van der Waals surface area contributed by atoms with Crippen LogP contribution in [0.15, 0.2) is 17.1 Å². The predicted molar refractivity (Wildman–Crippen MR) is 95.4 cm³/mol. The number of rotatable bonds is 2. The maximum atomic E-state index is 10.7. The number of aliphatic imine (C=N–C) groups is 1. The summed E-state index contributed by atoms with van der Waals surface area (Å²) in [5.41, 5.74) is 3.10. The van der Waals surface area contributed by atoms with E-state index in [2.05, 4.69) is 53.7 Å². The highest BCUT2D eigenvalue weighted by Crippen LogP contribution is 2.37. The van der Waals surface area contributed by atoms with Crippen LogP contribution in [-0.2, 0) is 10.8 Å². The normalized spacial score (nSPS) is 17.5. The van der Waals surface area contributed by atoms with Crippen LogP contribution < -0.4 is 0 Å². The lowest BCUT2D eigenvalue weighted by Gasteiger charge is -2.27. The van der Waals surface area contributed by atoms with Crippen molar-refractivity contribution < 1.29 is 5.11 Å². The summed E-state index contributed by atoms with van der Waals surface area (Å²) >= 11 is 0. The van der Waals surface area contributed by atoms with Crippen molar-refractivity contribution in [3.05, 3.63) is 28.8 Å². The monoisotopic (exact) mass is 301 g/mol. The molecule has 2 nitrogen and oxygen atoms in total. The minimum absolute atomic E-state index is 0.0592. The summed E-state index contributed by atoms with van der Waals surface area (Å²) < 4.78 is 0. The average Bonchev–Trinajstić information content (AvgIpc) is 2.87. The van der Waals surface area contributed by atoms with Crippen molar-refractivity contribution in [1.82, 2.24) is 0 Å². The smallest absolute Gasteiger partial charge is 0.128 e. The minimum Gasteiger partial charge on any atom is -0.507 e. The molecule has 2 heteroatoms. The van der Waals surface area contributed by atoms with Gasteiger partial charge in [0.15, 0.2) is 0 Å². The first-order valence-corrected chi connectivity index (χ1v) is 8.50. The largest absolute Gasteiger partial charge is 0.507 e. The Kier molecular flexibility index (Phi) is 4.70. The zero-order chi connectivity index (χ0) is 16.5. The molecule has 1 saturated carbocycles. The van der Waals surface area contributed by atoms with Gasteiger partial charge in [0.05, 0.1) is 0 Å². The highest BCUT2D eigenvalue weighted by Gasteiger charge is 2.24. The molecule has 0 aliphatic heterocycles. The Labute approximate surface area is 135 Å². The molecule has 1 N–H and O–H groups in total. The van der Waals surface area contributed by atoms with Crippen LogP contribution in [0.4, 0.5) is 0 Å². The lowest BCUT2D eigenvalue weighted by atomic mass is 9.79. The van der Waals surface area contributed by atoms with Gasteiger partial charge in [-0.2, -0.15) is 0 Å². The Hall–Kier alpha value is -1.31. The van der Waals surface area contributed by atoms with Gasteiger partial charge in [-0.15, -0.1) is 0 Å². The number of hydrogen-bond acceptors (Lipinski definition) is 2. The summed E-state index contributed by atoms with van der Waals surface area (Å²) in [6.07, 6.45) is 6.83. The molecule has 0 heterocycles. The molecule has 0 saturated heterocycles. The molecule has 2 rings (SSSR count). The van der Waals surface area contributed by atoms with Gasteiger partial charge in [-0.05, 0) is 35.3 Å². The molecule has 0 amide bonds. The molecule has 1 aromatic rings. The van der Waals surface area contributed by atoms with E-state index in [1.165, 1.54) is 31.2 Å². The first-order valence-electron chi connectivity index (χ1n) is 8.50. The lowest BCUT2D eigenvalue weighted by molar-refractivity contribution is 0.444. The second-order valence-electron chi connectivity index (χ2n) is 8.68. The maximum Gasteiger partial charge on any atom is 0.128 e. The molecular formula is C20H31NO. The predicted octanol–water partition coefficient (Wildman–Crippen LogP) is 5.35. The van der Waals surface area contributed by atoms with E-state index in [-0.39, 0.29) is 10.8 Å². The van der Waals surface area contributed by atoms with Crippen LogP contribution >= 0.6 is 0 Å². The topological polar surface area (TPSA) is 32.6 Å². The molecular weight excluding hydrogens is 270 g/mol. The number of benzene rings is 1. The Bertz CT molecular complexity index is 552. The molecule has 122 valence electrons. The summed E-state index contributed by atoms with van der Waals surface area (Å²) in [7, 11) is 0. The molecule has 1 fully saturated rings. The Balaban J connectivity index is 2.47. The average molecular weight is 301 g/mol. The first kappa shape index (κ1) is 17.1. The third-order valence-corrected chi connectivity index (χ3v) is 4.56. The van der Waals surface area contributed by atoms with Crippen molar-refractivity contribution in [2.24, 2.45) is 4.99 Å². The molecule has 0 spiro atoms. The Morgan fingerprint density at radius 3 is 2.09 bits per heavy atom. The van der Waals surface area contributed by atoms with Gasteiger partial charge < -0.3 is 5.11 Å². The van der Waals surface area contributed by atoms with Gasteiger partial charge in [-0.1, -0.05) is 60.5 Å². The SMILES string of the molecule is CC(C)(C)c1cc(C=NC2CCCC2)c(O)c(C(C)(C)C)c1. The fourth-order valence-electron chi connectivity index (χ4n) is 3.00. The van der Waals surface area contributed by atoms with E-state index in [1.54, 1.807) is 0 Å². The summed E-state index contributed by atoms with van der Waals surface area (Å²) in [6.45, 7) is 13.1. The maximum absolute atomic E-state index is 10.7. The fraction of sp³-hybridized carbons (Fsp3) is 0.650. The molecule has 1 aromatic carbocycles. The van der Waals surface area contributed by atoms with E-state index < -0.39 is 0 Å². The van der Waals surface area contributed by atoms with Crippen molar-refractivity contribution in [3.8, 4) is 5.75 Å². The van der Waals surface area contributed by atoms with Crippen LogP contribution in [0.25, 0.3) is 0 Å². The van der Waals surface area contributed by atoms with Gasteiger partial charge in [0.1, 0.15) is 5.75 Å². The van der Waals surface area contributed by atoms with Crippen LogP contribution in [-0.4, -0.2) is 17.4 Å². The number of aromatic hydroxyl groups is 1. The number of nitrogens with zero attached hydrogens (tertiary/aromatic N) is 1. The molecule has 0 atom stereocenters. The van der Waals surface area contributed by atoms with Gasteiger partial charge >= 0.3 is 0 Å². The third-order valence-electron chi connectivity index (χ3n) is 4.56. The van der Waals surface area contributed by atoms with Crippen molar-refractivity contribution in [2.45, 2.75) is 84.1 Å². The van der Waals surface area contributed by atoms with Crippen molar-refractivity contribution in [1.29, 1.82) is 0 Å². The molecule has 0 aromatic heterocycles. The quantitative estimate of drug-likeness (QED) is 0.734. The summed E-state index contributed by atoms with van der Waals surface area (Å²) in [5.74, 6) is 0.391. The van der Waals surface area contributed by atoms with E-state index in [9.17, 15) is 5.11 Å².